The van der Waals surface area contributed by atoms with E-state index in [4.69, 9.17) is 0 Å². The van der Waals surface area contributed by atoms with Crippen molar-refractivity contribution in [1.82, 2.24) is 10.2 Å². The van der Waals surface area contributed by atoms with Crippen LogP contribution in [-0.4, -0.2) is 35.5 Å². The zero-order valence-electron chi connectivity index (χ0n) is 12.3. The van der Waals surface area contributed by atoms with Gasteiger partial charge in [0.05, 0.1) is 5.54 Å². The third-order valence-corrected chi connectivity index (χ3v) is 5.59. The van der Waals surface area contributed by atoms with Crippen LogP contribution in [0.1, 0.15) is 64.7 Å². The van der Waals surface area contributed by atoms with E-state index >= 15 is 0 Å². The molecule has 0 spiro atoms. The highest BCUT2D eigenvalue weighted by molar-refractivity contribution is 5.86. The highest BCUT2D eigenvalue weighted by Gasteiger charge is 2.43. The van der Waals surface area contributed by atoms with E-state index < -0.39 is 0 Å². The van der Waals surface area contributed by atoms with Gasteiger partial charge in [0.2, 0.25) is 5.91 Å². The van der Waals surface area contributed by atoms with Crippen molar-refractivity contribution in [1.29, 1.82) is 0 Å². The van der Waals surface area contributed by atoms with Crippen LogP contribution in [0.2, 0.25) is 0 Å². The summed E-state index contributed by atoms with van der Waals surface area (Å²) in [6.45, 7) is 4.13. The maximum atomic E-state index is 13.0. The second-order valence-corrected chi connectivity index (χ2v) is 6.97. The van der Waals surface area contributed by atoms with Gasteiger partial charge in [0, 0.05) is 12.6 Å². The molecule has 3 heteroatoms. The second-order valence-electron chi connectivity index (χ2n) is 6.97. The number of carbonyl (C=O) groups is 1. The highest BCUT2D eigenvalue weighted by Crippen LogP contribution is 2.37. The Labute approximate surface area is 117 Å². The maximum Gasteiger partial charge on any atom is 0.242 e. The molecule has 19 heavy (non-hydrogen) atoms. The summed E-state index contributed by atoms with van der Waals surface area (Å²) in [5, 5.41) is 3.50. The standard InChI is InChI=1S/C16H28N2O/c1-16(10-4-5-11-17-16)15(19)18-12-6-8-13-7-2-3-9-14(13)18/h13-14,17H,2-12H2,1H3. The smallest absolute Gasteiger partial charge is 0.242 e. The number of piperidine rings is 2. The van der Waals surface area contributed by atoms with Gasteiger partial charge in [-0.05, 0) is 64.3 Å². The van der Waals surface area contributed by atoms with E-state index in [0.717, 1.165) is 25.4 Å². The number of amides is 1. The van der Waals surface area contributed by atoms with E-state index in [2.05, 4.69) is 17.1 Å². The van der Waals surface area contributed by atoms with Crippen molar-refractivity contribution in [2.45, 2.75) is 76.3 Å². The molecule has 2 heterocycles. The van der Waals surface area contributed by atoms with Gasteiger partial charge < -0.3 is 10.2 Å². The van der Waals surface area contributed by atoms with Crippen molar-refractivity contribution in [3.63, 3.8) is 0 Å². The van der Waals surface area contributed by atoms with Crippen molar-refractivity contribution < 1.29 is 4.79 Å². The number of carbonyl (C=O) groups excluding carboxylic acids is 1. The zero-order chi connectivity index (χ0) is 13.3. The fourth-order valence-corrected chi connectivity index (χ4v) is 4.43. The van der Waals surface area contributed by atoms with Gasteiger partial charge in [-0.2, -0.15) is 0 Å². The Morgan fingerprint density at radius 2 is 1.89 bits per heavy atom. The summed E-state index contributed by atoms with van der Waals surface area (Å²) in [6.07, 6.45) is 11.3. The summed E-state index contributed by atoms with van der Waals surface area (Å²) in [5.74, 6) is 1.18. The van der Waals surface area contributed by atoms with Gasteiger partial charge in [-0.15, -0.1) is 0 Å². The Balaban J connectivity index is 1.74. The lowest BCUT2D eigenvalue weighted by Gasteiger charge is -2.48. The minimum atomic E-state index is -0.280. The largest absolute Gasteiger partial charge is 0.338 e. The van der Waals surface area contributed by atoms with Gasteiger partial charge in [0.25, 0.3) is 0 Å². The molecule has 1 N–H and O–H groups in total. The van der Waals surface area contributed by atoms with Crippen molar-refractivity contribution >= 4 is 5.91 Å². The van der Waals surface area contributed by atoms with Crippen molar-refractivity contribution in [2.24, 2.45) is 5.92 Å². The molecule has 0 bridgehead atoms. The van der Waals surface area contributed by atoms with Crippen LogP contribution in [0.5, 0.6) is 0 Å². The summed E-state index contributed by atoms with van der Waals surface area (Å²) >= 11 is 0. The van der Waals surface area contributed by atoms with Crippen LogP contribution in [-0.2, 0) is 4.79 Å². The van der Waals surface area contributed by atoms with Crippen LogP contribution in [0.25, 0.3) is 0 Å². The van der Waals surface area contributed by atoms with Gasteiger partial charge in [0.15, 0.2) is 0 Å². The number of rotatable bonds is 1. The molecule has 3 aliphatic rings. The molecule has 1 amide bonds. The fourth-order valence-electron chi connectivity index (χ4n) is 4.43. The Morgan fingerprint density at radius 1 is 1.11 bits per heavy atom. The summed E-state index contributed by atoms with van der Waals surface area (Å²) in [4.78, 5) is 15.2. The topological polar surface area (TPSA) is 32.3 Å². The van der Waals surface area contributed by atoms with E-state index in [1.165, 1.54) is 51.4 Å². The average Bonchev–Trinajstić information content (AvgIpc) is 2.47. The Kier molecular flexibility index (Phi) is 3.84. The van der Waals surface area contributed by atoms with Crippen molar-refractivity contribution in [3.8, 4) is 0 Å². The number of hydrogen-bond acceptors (Lipinski definition) is 2. The van der Waals surface area contributed by atoms with E-state index in [9.17, 15) is 4.79 Å². The first-order valence-corrected chi connectivity index (χ1v) is 8.27. The third-order valence-electron chi connectivity index (χ3n) is 5.59. The summed E-state index contributed by atoms with van der Waals surface area (Å²) in [7, 11) is 0. The van der Waals surface area contributed by atoms with E-state index in [-0.39, 0.29) is 5.54 Å². The minimum Gasteiger partial charge on any atom is -0.338 e. The van der Waals surface area contributed by atoms with Crippen molar-refractivity contribution in [3.05, 3.63) is 0 Å². The van der Waals surface area contributed by atoms with Gasteiger partial charge in [0.1, 0.15) is 0 Å². The van der Waals surface area contributed by atoms with Gasteiger partial charge in [-0.1, -0.05) is 12.8 Å². The van der Waals surface area contributed by atoms with E-state index in [1.807, 2.05) is 0 Å². The predicted molar refractivity (Wildman–Crippen MR) is 77.0 cm³/mol. The molecule has 2 saturated heterocycles. The maximum absolute atomic E-state index is 13.0. The van der Waals surface area contributed by atoms with Crippen LogP contribution < -0.4 is 5.32 Å². The van der Waals surface area contributed by atoms with Crippen LogP contribution in [0.3, 0.4) is 0 Å². The monoisotopic (exact) mass is 264 g/mol. The molecule has 0 aromatic carbocycles. The van der Waals surface area contributed by atoms with E-state index in [0.29, 0.717) is 11.9 Å². The molecule has 1 aliphatic carbocycles. The molecular formula is C16H28N2O. The fraction of sp³-hybridized carbons (Fsp3) is 0.938. The molecule has 3 fully saturated rings. The first-order chi connectivity index (χ1) is 9.21. The third kappa shape index (κ3) is 2.54. The Hall–Kier alpha value is -0.570. The first-order valence-electron chi connectivity index (χ1n) is 8.27. The van der Waals surface area contributed by atoms with Crippen LogP contribution in [0.4, 0.5) is 0 Å². The second kappa shape index (κ2) is 5.43. The van der Waals surface area contributed by atoms with Crippen LogP contribution in [0.15, 0.2) is 0 Å². The molecular weight excluding hydrogens is 236 g/mol. The minimum absolute atomic E-state index is 0.280. The van der Waals surface area contributed by atoms with Gasteiger partial charge >= 0.3 is 0 Å². The number of nitrogens with one attached hydrogen (secondary N) is 1. The molecule has 1 saturated carbocycles. The lowest BCUT2D eigenvalue weighted by Crippen LogP contribution is -2.62. The molecule has 3 atom stereocenters. The SMILES string of the molecule is CC1(C(=O)N2CCCC3CCCCC32)CCCCN1. The molecule has 0 aromatic rings. The predicted octanol–water partition coefficient (Wildman–Crippen LogP) is 2.70. The average molecular weight is 264 g/mol. The first kappa shape index (κ1) is 13.4. The van der Waals surface area contributed by atoms with Crippen LogP contribution in [0, 0.1) is 5.92 Å². The lowest BCUT2D eigenvalue weighted by atomic mass is 9.77. The number of likely N-dealkylation sites (tertiary alicyclic amines) is 1. The molecule has 0 aromatic heterocycles. The van der Waals surface area contributed by atoms with E-state index in [1.54, 1.807) is 0 Å². The molecule has 2 aliphatic heterocycles. The molecule has 3 rings (SSSR count). The Morgan fingerprint density at radius 3 is 2.68 bits per heavy atom. The number of fused-ring (bicyclic) bond motifs is 1. The van der Waals surface area contributed by atoms with Gasteiger partial charge in [-0.25, -0.2) is 0 Å². The molecule has 3 unspecified atom stereocenters. The summed E-state index contributed by atoms with van der Waals surface area (Å²) < 4.78 is 0. The quantitative estimate of drug-likeness (QED) is 0.790. The summed E-state index contributed by atoms with van der Waals surface area (Å²) in [5.41, 5.74) is -0.280. The Bertz CT molecular complexity index is 334. The van der Waals surface area contributed by atoms with Crippen molar-refractivity contribution in [2.75, 3.05) is 13.1 Å². The normalized spacial score (nSPS) is 39.7. The molecule has 108 valence electrons. The highest BCUT2D eigenvalue weighted by atomic mass is 16.2. The molecule has 0 radical (unpaired) electrons. The number of nitrogens with zero attached hydrogens (tertiary/aromatic N) is 1. The molecule has 3 nitrogen and oxygen atoms in total. The van der Waals surface area contributed by atoms with Gasteiger partial charge in [-0.3, -0.25) is 4.79 Å². The van der Waals surface area contributed by atoms with Crippen LogP contribution >= 0.6 is 0 Å². The summed E-state index contributed by atoms with van der Waals surface area (Å²) in [6, 6.07) is 0.551. The number of hydrogen-bond donors (Lipinski definition) is 1. The lowest BCUT2D eigenvalue weighted by molar-refractivity contribution is -0.145. The zero-order valence-corrected chi connectivity index (χ0v) is 12.3.